The monoisotopic (exact) mass is 414 g/mol. The zero-order valence-corrected chi connectivity index (χ0v) is 18.8. The number of thiophene rings is 1. The molecule has 3 rings (SSSR count). The third kappa shape index (κ3) is 6.44. The van der Waals surface area contributed by atoms with E-state index in [0.29, 0.717) is 6.54 Å². The molecular formula is C22H34N6S. The summed E-state index contributed by atoms with van der Waals surface area (Å²) in [6, 6.07) is 8.58. The van der Waals surface area contributed by atoms with Crippen LogP contribution in [0.25, 0.3) is 0 Å². The molecule has 2 aromatic rings. The molecule has 0 saturated carbocycles. The zero-order chi connectivity index (χ0) is 20.5. The fourth-order valence-electron chi connectivity index (χ4n) is 3.50. The van der Waals surface area contributed by atoms with E-state index in [2.05, 4.69) is 75.5 Å². The highest BCUT2D eigenvalue weighted by Crippen LogP contribution is 2.16. The highest BCUT2D eigenvalue weighted by molar-refractivity contribution is 7.09. The van der Waals surface area contributed by atoms with Crippen molar-refractivity contribution in [3.8, 4) is 0 Å². The van der Waals surface area contributed by atoms with Gasteiger partial charge in [0, 0.05) is 57.4 Å². The molecule has 0 radical (unpaired) electrons. The average molecular weight is 415 g/mol. The smallest absolute Gasteiger partial charge is 0.193 e. The summed E-state index contributed by atoms with van der Waals surface area (Å²) in [5, 5.41) is 5.56. The van der Waals surface area contributed by atoms with Crippen LogP contribution < -0.4 is 10.2 Å². The quantitative estimate of drug-likeness (QED) is 0.532. The van der Waals surface area contributed by atoms with E-state index in [1.54, 1.807) is 0 Å². The van der Waals surface area contributed by atoms with Crippen molar-refractivity contribution in [3.63, 3.8) is 0 Å². The lowest BCUT2D eigenvalue weighted by Crippen LogP contribution is -2.46. The summed E-state index contributed by atoms with van der Waals surface area (Å²) in [6.07, 6.45) is 2.96. The first kappa shape index (κ1) is 21.6. The standard InChI is InChI=1S/C22H34N6S/c1-4-23-22(26(3)11-9-20-7-6-16-29-20)25-18-19-8-10-24-21(17-19)28-14-12-27(5-2)13-15-28/h6-8,10,16-17H,4-5,9,11-15,18H2,1-3H3,(H,23,25). The van der Waals surface area contributed by atoms with Gasteiger partial charge < -0.3 is 20.0 Å². The minimum absolute atomic E-state index is 0.663. The Morgan fingerprint density at radius 2 is 2.07 bits per heavy atom. The van der Waals surface area contributed by atoms with Crippen LogP contribution in [-0.4, -0.2) is 73.6 Å². The molecule has 1 N–H and O–H groups in total. The van der Waals surface area contributed by atoms with Gasteiger partial charge in [0.25, 0.3) is 0 Å². The highest BCUT2D eigenvalue weighted by Gasteiger charge is 2.16. The van der Waals surface area contributed by atoms with Crippen molar-refractivity contribution >= 4 is 23.1 Å². The minimum Gasteiger partial charge on any atom is -0.357 e. The Morgan fingerprint density at radius 3 is 2.76 bits per heavy atom. The van der Waals surface area contributed by atoms with E-state index in [-0.39, 0.29) is 0 Å². The number of aromatic nitrogens is 1. The maximum atomic E-state index is 4.88. The summed E-state index contributed by atoms with van der Waals surface area (Å²) < 4.78 is 0. The number of guanidine groups is 1. The van der Waals surface area contributed by atoms with Crippen molar-refractivity contribution in [2.45, 2.75) is 26.8 Å². The second-order valence-corrected chi connectivity index (χ2v) is 8.40. The summed E-state index contributed by atoms with van der Waals surface area (Å²) in [4.78, 5) is 18.0. The number of hydrogen-bond donors (Lipinski definition) is 1. The number of likely N-dealkylation sites (N-methyl/N-ethyl adjacent to an activating group) is 2. The van der Waals surface area contributed by atoms with E-state index in [9.17, 15) is 0 Å². The molecule has 0 atom stereocenters. The Morgan fingerprint density at radius 1 is 1.24 bits per heavy atom. The van der Waals surface area contributed by atoms with Gasteiger partial charge >= 0.3 is 0 Å². The van der Waals surface area contributed by atoms with Gasteiger partial charge in [-0.05, 0) is 49.0 Å². The maximum Gasteiger partial charge on any atom is 0.193 e. The van der Waals surface area contributed by atoms with Crippen LogP contribution in [0, 0.1) is 0 Å². The van der Waals surface area contributed by atoms with Gasteiger partial charge in [-0.15, -0.1) is 11.3 Å². The molecule has 6 nitrogen and oxygen atoms in total. The van der Waals surface area contributed by atoms with Crippen LogP contribution in [0.2, 0.25) is 0 Å². The molecule has 0 bridgehead atoms. The Kier molecular flexibility index (Phi) is 8.31. The van der Waals surface area contributed by atoms with Crippen LogP contribution in [0.15, 0.2) is 40.8 Å². The maximum absolute atomic E-state index is 4.88. The van der Waals surface area contributed by atoms with E-state index in [1.165, 1.54) is 10.4 Å². The molecule has 158 valence electrons. The van der Waals surface area contributed by atoms with E-state index in [0.717, 1.165) is 64.0 Å². The number of piperazine rings is 1. The first-order valence-corrected chi connectivity index (χ1v) is 11.5. The van der Waals surface area contributed by atoms with Gasteiger partial charge in [0.15, 0.2) is 5.96 Å². The lowest BCUT2D eigenvalue weighted by molar-refractivity contribution is 0.270. The largest absolute Gasteiger partial charge is 0.357 e. The summed E-state index contributed by atoms with van der Waals surface area (Å²) in [7, 11) is 2.11. The SMILES string of the molecule is CCNC(=NCc1ccnc(N2CCN(CC)CC2)c1)N(C)CCc1cccs1. The molecule has 29 heavy (non-hydrogen) atoms. The minimum atomic E-state index is 0.663. The van der Waals surface area contributed by atoms with Gasteiger partial charge in [0.05, 0.1) is 6.54 Å². The molecule has 0 aromatic carbocycles. The van der Waals surface area contributed by atoms with Crippen molar-refractivity contribution in [3.05, 3.63) is 46.3 Å². The summed E-state index contributed by atoms with van der Waals surface area (Å²) in [5.74, 6) is 2.03. The third-order valence-corrected chi connectivity index (χ3v) is 6.27. The van der Waals surface area contributed by atoms with E-state index in [4.69, 9.17) is 4.99 Å². The van der Waals surface area contributed by atoms with Crippen LogP contribution in [0.5, 0.6) is 0 Å². The summed E-state index contributed by atoms with van der Waals surface area (Å²) >= 11 is 1.82. The van der Waals surface area contributed by atoms with Gasteiger partial charge in [-0.25, -0.2) is 9.98 Å². The fourth-order valence-corrected chi connectivity index (χ4v) is 4.20. The molecule has 3 heterocycles. The number of hydrogen-bond acceptors (Lipinski definition) is 5. The Labute approximate surface area is 179 Å². The molecule has 0 amide bonds. The number of rotatable bonds is 8. The average Bonchev–Trinajstić information content (AvgIpc) is 3.29. The molecule has 1 fully saturated rings. The van der Waals surface area contributed by atoms with Crippen LogP contribution in [0.1, 0.15) is 24.3 Å². The Hall–Kier alpha value is -2.12. The highest BCUT2D eigenvalue weighted by atomic mass is 32.1. The van der Waals surface area contributed by atoms with Gasteiger partial charge in [-0.3, -0.25) is 0 Å². The van der Waals surface area contributed by atoms with Crippen molar-refractivity contribution in [2.24, 2.45) is 4.99 Å². The van der Waals surface area contributed by atoms with Crippen LogP contribution in [0.3, 0.4) is 0 Å². The molecule has 1 aliphatic heterocycles. The Bertz CT molecular complexity index is 752. The third-order valence-electron chi connectivity index (χ3n) is 5.33. The van der Waals surface area contributed by atoms with Gasteiger partial charge in [-0.2, -0.15) is 0 Å². The predicted molar refractivity (Wildman–Crippen MR) is 124 cm³/mol. The Balaban J connectivity index is 1.60. The molecule has 7 heteroatoms. The van der Waals surface area contributed by atoms with Crippen molar-refractivity contribution in [2.75, 3.05) is 57.8 Å². The van der Waals surface area contributed by atoms with Crippen molar-refractivity contribution < 1.29 is 0 Å². The molecule has 0 unspecified atom stereocenters. The second kappa shape index (κ2) is 11.2. The van der Waals surface area contributed by atoms with E-state index < -0.39 is 0 Å². The molecule has 0 spiro atoms. The molecule has 2 aromatic heterocycles. The predicted octanol–water partition coefficient (Wildman–Crippen LogP) is 2.93. The summed E-state index contributed by atoms with van der Waals surface area (Å²) in [6.45, 7) is 12.3. The molecular weight excluding hydrogens is 380 g/mol. The van der Waals surface area contributed by atoms with Crippen LogP contribution >= 0.6 is 11.3 Å². The fraction of sp³-hybridized carbons (Fsp3) is 0.545. The topological polar surface area (TPSA) is 47.0 Å². The normalized spacial score (nSPS) is 15.6. The number of nitrogens with zero attached hydrogens (tertiary/aromatic N) is 5. The second-order valence-electron chi connectivity index (χ2n) is 7.36. The van der Waals surface area contributed by atoms with Gasteiger partial charge in [-0.1, -0.05) is 13.0 Å². The van der Waals surface area contributed by atoms with Crippen molar-refractivity contribution in [1.82, 2.24) is 20.1 Å². The lowest BCUT2D eigenvalue weighted by Gasteiger charge is -2.34. The molecule has 1 aliphatic rings. The first-order valence-electron chi connectivity index (χ1n) is 10.6. The number of pyridine rings is 1. The first-order chi connectivity index (χ1) is 14.2. The van der Waals surface area contributed by atoms with Gasteiger partial charge in [0.2, 0.25) is 0 Å². The van der Waals surface area contributed by atoms with Gasteiger partial charge in [0.1, 0.15) is 5.82 Å². The lowest BCUT2D eigenvalue weighted by atomic mass is 10.2. The van der Waals surface area contributed by atoms with E-state index >= 15 is 0 Å². The zero-order valence-electron chi connectivity index (χ0n) is 18.0. The number of anilines is 1. The van der Waals surface area contributed by atoms with Crippen LogP contribution in [0.4, 0.5) is 5.82 Å². The summed E-state index contributed by atoms with van der Waals surface area (Å²) in [5.41, 5.74) is 1.20. The van der Waals surface area contributed by atoms with E-state index in [1.807, 2.05) is 17.5 Å². The number of nitrogens with one attached hydrogen (secondary N) is 1. The number of aliphatic imine (C=N–C) groups is 1. The molecule has 1 saturated heterocycles. The van der Waals surface area contributed by atoms with Crippen molar-refractivity contribution in [1.29, 1.82) is 0 Å². The molecule has 0 aliphatic carbocycles. The van der Waals surface area contributed by atoms with Crippen LogP contribution in [-0.2, 0) is 13.0 Å².